The average molecular weight is 278 g/mol. The third-order valence-corrected chi connectivity index (χ3v) is 3.00. The normalized spacial score (nSPS) is 11.1. The van der Waals surface area contributed by atoms with Crippen LogP contribution < -0.4 is 5.73 Å². The molecule has 2 N–H and O–H groups in total. The molecule has 0 bridgehead atoms. The number of nitrogens with zero attached hydrogens (tertiary/aromatic N) is 4. The molecular weight excluding hydrogens is 269 g/mol. The second kappa shape index (κ2) is 4.47. The molecule has 2 heterocycles. The van der Waals surface area contributed by atoms with E-state index in [-0.39, 0.29) is 16.9 Å². The zero-order valence-electron chi connectivity index (χ0n) is 9.72. The maximum absolute atomic E-state index is 13.6. The number of anilines is 1. The lowest BCUT2D eigenvalue weighted by Gasteiger charge is -2.05. The molecule has 0 saturated heterocycles. The summed E-state index contributed by atoms with van der Waals surface area (Å²) in [5, 5.41) is 0.190. The van der Waals surface area contributed by atoms with E-state index in [4.69, 9.17) is 17.3 Å². The van der Waals surface area contributed by atoms with E-state index in [1.165, 1.54) is 12.4 Å². The second-order valence-electron chi connectivity index (χ2n) is 4.01. The Morgan fingerprint density at radius 1 is 1.26 bits per heavy atom. The molecule has 3 rings (SSSR count). The standard InChI is InChI=1S/C12H9ClFN5/c13-10-9-11(18-12(15)17-10)19(6-16-9)5-7-3-1-2-4-8(7)14/h1-4,6H,5H2,(H2,15,17,18). The van der Waals surface area contributed by atoms with Crippen LogP contribution in [-0.4, -0.2) is 19.5 Å². The largest absolute Gasteiger partial charge is 0.368 e. The van der Waals surface area contributed by atoms with E-state index in [2.05, 4.69) is 15.0 Å². The number of fused-ring (bicyclic) bond motifs is 1. The number of nitrogen functional groups attached to an aromatic ring is 1. The van der Waals surface area contributed by atoms with Gasteiger partial charge in [0.25, 0.3) is 0 Å². The Morgan fingerprint density at radius 2 is 2.05 bits per heavy atom. The van der Waals surface area contributed by atoms with Crippen molar-refractivity contribution in [3.8, 4) is 0 Å². The van der Waals surface area contributed by atoms with Gasteiger partial charge >= 0.3 is 0 Å². The molecule has 0 spiro atoms. The lowest BCUT2D eigenvalue weighted by molar-refractivity contribution is 0.601. The van der Waals surface area contributed by atoms with E-state index in [1.54, 1.807) is 22.8 Å². The summed E-state index contributed by atoms with van der Waals surface area (Å²) in [7, 11) is 0. The topological polar surface area (TPSA) is 69.6 Å². The molecule has 0 aliphatic rings. The van der Waals surface area contributed by atoms with Gasteiger partial charge in [0.05, 0.1) is 12.9 Å². The highest BCUT2D eigenvalue weighted by atomic mass is 35.5. The number of nitrogens with two attached hydrogens (primary N) is 1. The summed E-state index contributed by atoms with van der Waals surface area (Å²) >= 11 is 5.93. The van der Waals surface area contributed by atoms with Crippen LogP contribution >= 0.6 is 11.6 Å². The number of hydrogen-bond donors (Lipinski definition) is 1. The molecular formula is C12H9ClFN5. The van der Waals surface area contributed by atoms with Crippen LogP contribution in [0.3, 0.4) is 0 Å². The number of hydrogen-bond acceptors (Lipinski definition) is 4. The molecule has 0 saturated carbocycles. The van der Waals surface area contributed by atoms with Gasteiger partial charge in [-0.1, -0.05) is 29.8 Å². The van der Waals surface area contributed by atoms with Gasteiger partial charge < -0.3 is 10.3 Å². The van der Waals surface area contributed by atoms with Crippen LogP contribution in [0.5, 0.6) is 0 Å². The summed E-state index contributed by atoms with van der Waals surface area (Å²) in [6.07, 6.45) is 1.54. The molecule has 0 unspecified atom stereocenters. The quantitative estimate of drug-likeness (QED) is 0.730. The molecule has 96 valence electrons. The van der Waals surface area contributed by atoms with Crippen molar-refractivity contribution in [2.45, 2.75) is 6.54 Å². The highest BCUT2D eigenvalue weighted by molar-refractivity contribution is 6.33. The first-order valence-electron chi connectivity index (χ1n) is 5.52. The number of benzene rings is 1. The Balaban J connectivity index is 2.09. The van der Waals surface area contributed by atoms with Crippen LogP contribution in [0, 0.1) is 5.82 Å². The van der Waals surface area contributed by atoms with Crippen molar-refractivity contribution in [2.75, 3.05) is 5.73 Å². The summed E-state index contributed by atoms with van der Waals surface area (Å²) in [4.78, 5) is 12.0. The third-order valence-electron chi connectivity index (χ3n) is 2.74. The minimum absolute atomic E-state index is 0.0628. The van der Waals surface area contributed by atoms with Gasteiger partial charge in [0, 0.05) is 5.56 Å². The fourth-order valence-electron chi connectivity index (χ4n) is 1.85. The van der Waals surface area contributed by atoms with E-state index in [9.17, 15) is 4.39 Å². The fourth-order valence-corrected chi connectivity index (χ4v) is 2.07. The van der Waals surface area contributed by atoms with Crippen LogP contribution in [0.2, 0.25) is 5.15 Å². The molecule has 0 atom stereocenters. The van der Waals surface area contributed by atoms with Crippen molar-refractivity contribution in [3.05, 3.63) is 47.1 Å². The summed E-state index contributed by atoms with van der Waals surface area (Å²) in [6, 6.07) is 6.52. The van der Waals surface area contributed by atoms with E-state index >= 15 is 0 Å². The molecule has 0 fully saturated rings. The molecule has 0 amide bonds. The van der Waals surface area contributed by atoms with Gasteiger partial charge in [0.1, 0.15) is 11.3 Å². The van der Waals surface area contributed by atoms with Gasteiger partial charge in [-0.05, 0) is 6.07 Å². The highest BCUT2D eigenvalue weighted by Crippen LogP contribution is 2.20. The van der Waals surface area contributed by atoms with Gasteiger partial charge in [-0.2, -0.15) is 9.97 Å². The third kappa shape index (κ3) is 2.10. The van der Waals surface area contributed by atoms with Gasteiger partial charge in [-0.15, -0.1) is 0 Å². The predicted octanol–water partition coefficient (Wildman–Crippen LogP) is 2.25. The number of aromatic nitrogens is 4. The summed E-state index contributed by atoms with van der Waals surface area (Å²) < 4.78 is 15.3. The van der Waals surface area contributed by atoms with Crippen LogP contribution in [0.4, 0.5) is 10.3 Å². The maximum atomic E-state index is 13.6. The molecule has 1 aromatic carbocycles. The SMILES string of the molecule is Nc1nc(Cl)c2ncn(Cc3ccccc3F)c2n1. The van der Waals surface area contributed by atoms with Crippen molar-refractivity contribution in [3.63, 3.8) is 0 Å². The average Bonchev–Trinajstić information content (AvgIpc) is 2.76. The van der Waals surface area contributed by atoms with E-state index in [0.717, 1.165) is 0 Å². The van der Waals surface area contributed by atoms with Crippen molar-refractivity contribution >= 4 is 28.7 Å². The molecule has 3 aromatic rings. The zero-order valence-corrected chi connectivity index (χ0v) is 10.5. The number of imidazole rings is 1. The molecule has 5 nitrogen and oxygen atoms in total. The van der Waals surface area contributed by atoms with Gasteiger partial charge in [0.2, 0.25) is 5.95 Å². The van der Waals surface area contributed by atoms with Crippen LogP contribution in [-0.2, 0) is 6.54 Å². The van der Waals surface area contributed by atoms with E-state index in [1.807, 2.05) is 0 Å². The Kier molecular flexibility index (Phi) is 2.79. The smallest absolute Gasteiger partial charge is 0.223 e. The molecule has 0 aliphatic heterocycles. The Morgan fingerprint density at radius 3 is 2.84 bits per heavy atom. The monoisotopic (exact) mass is 277 g/mol. The molecule has 0 radical (unpaired) electrons. The first kappa shape index (κ1) is 11.9. The van der Waals surface area contributed by atoms with Gasteiger partial charge in [-0.3, -0.25) is 0 Å². The van der Waals surface area contributed by atoms with Gasteiger partial charge in [-0.25, -0.2) is 9.37 Å². The van der Waals surface area contributed by atoms with Gasteiger partial charge in [0.15, 0.2) is 10.8 Å². The maximum Gasteiger partial charge on any atom is 0.223 e. The van der Waals surface area contributed by atoms with Crippen molar-refractivity contribution in [1.82, 2.24) is 19.5 Å². The number of rotatable bonds is 2. The first-order chi connectivity index (χ1) is 9.15. The Labute approximate surface area is 112 Å². The minimum Gasteiger partial charge on any atom is -0.368 e. The lowest BCUT2D eigenvalue weighted by atomic mass is 10.2. The zero-order chi connectivity index (χ0) is 13.4. The Bertz CT molecular complexity index is 755. The number of halogens is 2. The summed E-state index contributed by atoms with van der Waals surface area (Å²) in [6.45, 7) is 0.302. The molecule has 7 heteroatoms. The lowest BCUT2D eigenvalue weighted by Crippen LogP contribution is -2.03. The fraction of sp³-hybridized carbons (Fsp3) is 0.0833. The van der Waals surface area contributed by atoms with Crippen molar-refractivity contribution in [2.24, 2.45) is 0 Å². The minimum atomic E-state index is -0.280. The summed E-state index contributed by atoms with van der Waals surface area (Å²) in [5.74, 6) is -0.217. The molecule has 19 heavy (non-hydrogen) atoms. The van der Waals surface area contributed by atoms with Crippen molar-refractivity contribution in [1.29, 1.82) is 0 Å². The van der Waals surface area contributed by atoms with Crippen LogP contribution in [0.25, 0.3) is 11.2 Å². The molecule has 0 aliphatic carbocycles. The van der Waals surface area contributed by atoms with Crippen molar-refractivity contribution < 1.29 is 4.39 Å². The Hall–Kier alpha value is -2.21. The predicted molar refractivity (Wildman–Crippen MR) is 70.2 cm³/mol. The van der Waals surface area contributed by atoms with E-state index < -0.39 is 0 Å². The molecule has 2 aromatic heterocycles. The summed E-state index contributed by atoms with van der Waals surface area (Å²) in [5.41, 5.74) is 7.03. The van der Waals surface area contributed by atoms with E-state index in [0.29, 0.717) is 23.3 Å². The van der Waals surface area contributed by atoms with Crippen LogP contribution in [0.1, 0.15) is 5.56 Å². The first-order valence-corrected chi connectivity index (χ1v) is 5.90. The van der Waals surface area contributed by atoms with Crippen LogP contribution in [0.15, 0.2) is 30.6 Å². The second-order valence-corrected chi connectivity index (χ2v) is 4.37. The highest BCUT2D eigenvalue weighted by Gasteiger charge is 2.11.